The summed E-state index contributed by atoms with van der Waals surface area (Å²) in [5, 5.41) is 0. The predicted octanol–water partition coefficient (Wildman–Crippen LogP) is 1.70. The van der Waals surface area contributed by atoms with Gasteiger partial charge in [-0.05, 0) is 13.8 Å². The molecule has 0 aliphatic carbocycles. The van der Waals surface area contributed by atoms with Crippen LogP contribution < -0.4 is 0 Å². The maximum atomic E-state index is 11.4. The van der Waals surface area contributed by atoms with Gasteiger partial charge in [-0.25, -0.2) is 8.78 Å². The van der Waals surface area contributed by atoms with E-state index in [0.717, 1.165) is 0 Å². The molecule has 0 saturated heterocycles. The Hall–Kier alpha value is -0.140. The van der Waals surface area contributed by atoms with Crippen LogP contribution in [0.3, 0.4) is 0 Å². The minimum absolute atomic E-state index is 1.20. The molecular weight excluding hydrogens is 86.0 g/mol. The van der Waals surface area contributed by atoms with Crippen molar-refractivity contribution in [2.75, 3.05) is 0 Å². The van der Waals surface area contributed by atoms with Crippen LogP contribution in [-0.4, -0.2) is 12.3 Å². The zero-order valence-electron chi connectivity index (χ0n) is 3.91. The number of halogens is 2. The van der Waals surface area contributed by atoms with Crippen molar-refractivity contribution in [1.29, 1.82) is 0 Å². The minimum atomic E-state index is -1.31. The van der Waals surface area contributed by atoms with Crippen molar-refractivity contribution in [1.82, 2.24) is 0 Å². The molecule has 0 fully saturated rings. The topological polar surface area (TPSA) is 0 Å². The largest absolute Gasteiger partial charge is 0.245 e. The monoisotopic (exact) mass is 94.1 g/mol. The molecule has 0 aromatic rings. The highest BCUT2D eigenvalue weighted by atomic mass is 19.2. The van der Waals surface area contributed by atoms with Gasteiger partial charge in [0.2, 0.25) is 0 Å². The highest BCUT2D eigenvalue weighted by molar-refractivity contribution is 4.52. The first-order valence-electron chi connectivity index (χ1n) is 1.92. The van der Waals surface area contributed by atoms with Crippen LogP contribution in [0.2, 0.25) is 0 Å². The Labute approximate surface area is 36.2 Å². The SMILES string of the molecule is C[C@H](F)[C@@H](C)F. The number of hydrogen-bond donors (Lipinski definition) is 0. The summed E-state index contributed by atoms with van der Waals surface area (Å²) in [6.45, 7) is 2.40. The van der Waals surface area contributed by atoms with Gasteiger partial charge in [0.05, 0.1) is 0 Å². The molecule has 0 heterocycles. The first-order chi connectivity index (χ1) is 2.64. The minimum Gasteiger partial charge on any atom is -0.245 e. The highest BCUT2D eigenvalue weighted by Gasteiger charge is 2.05. The molecule has 0 aliphatic heterocycles. The Morgan fingerprint density at radius 2 is 1.17 bits per heavy atom. The lowest BCUT2D eigenvalue weighted by atomic mass is 10.3. The van der Waals surface area contributed by atoms with Gasteiger partial charge in [-0.15, -0.1) is 0 Å². The van der Waals surface area contributed by atoms with Gasteiger partial charge in [0.1, 0.15) is 12.3 Å². The van der Waals surface area contributed by atoms with Gasteiger partial charge >= 0.3 is 0 Å². The Kier molecular flexibility index (Phi) is 2.06. The molecule has 2 heteroatoms. The average molecular weight is 94.1 g/mol. The Morgan fingerprint density at radius 1 is 1.00 bits per heavy atom. The van der Waals surface area contributed by atoms with Crippen molar-refractivity contribution < 1.29 is 8.78 Å². The lowest BCUT2D eigenvalue weighted by Crippen LogP contribution is -2.06. The third-order valence-electron chi connectivity index (χ3n) is 0.633. The molecule has 0 aliphatic rings. The van der Waals surface area contributed by atoms with Crippen molar-refractivity contribution in [3.8, 4) is 0 Å². The average Bonchev–Trinajstić information content (AvgIpc) is 1.36. The lowest BCUT2D eigenvalue weighted by Gasteiger charge is -1.97. The van der Waals surface area contributed by atoms with E-state index in [1.54, 1.807) is 0 Å². The second-order valence-electron chi connectivity index (χ2n) is 1.36. The molecule has 0 amide bonds. The van der Waals surface area contributed by atoms with E-state index in [0.29, 0.717) is 0 Å². The number of hydrogen-bond acceptors (Lipinski definition) is 0. The summed E-state index contributed by atoms with van der Waals surface area (Å²) in [5.41, 5.74) is 0. The summed E-state index contributed by atoms with van der Waals surface area (Å²) in [6, 6.07) is 0. The summed E-state index contributed by atoms with van der Waals surface area (Å²) in [4.78, 5) is 0. The van der Waals surface area contributed by atoms with E-state index in [1.807, 2.05) is 0 Å². The summed E-state index contributed by atoms with van der Waals surface area (Å²) in [5.74, 6) is 0. The fraction of sp³-hybridized carbons (Fsp3) is 1.00. The van der Waals surface area contributed by atoms with Crippen LogP contribution in [0, 0.1) is 0 Å². The van der Waals surface area contributed by atoms with Crippen LogP contribution in [0.25, 0.3) is 0 Å². The van der Waals surface area contributed by atoms with Gasteiger partial charge < -0.3 is 0 Å². The summed E-state index contributed by atoms with van der Waals surface area (Å²) < 4.78 is 22.9. The van der Waals surface area contributed by atoms with Gasteiger partial charge in [-0.3, -0.25) is 0 Å². The number of rotatable bonds is 1. The normalized spacial score (nSPS) is 20.0. The highest BCUT2D eigenvalue weighted by Crippen LogP contribution is 1.98. The molecule has 6 heavy (non-hydrogen) atoms. The van der Waals surface area contributed by atoms with Crippen molar-refractivity contribution >= 4 is 0 Å². The van der Waals surface area contributed by atoms with Crippen molar-refractivity contribution in [2.24, 2.45) is 0 Å². The van der Waals surface area contributed by atoms with E-state index in [-0.39, 0.29) is 0 Å². The Bertz CT molecular complexity index is 26.5. The second kappa shape index (κ2) is 2.11. The molecule has 0 rings (SSSR count). The molecular formula is C4H8F2. The molecule has 0 unspecified atom stereocenters. The molecule has 0 saturated carbocycles. The smallest absolute Gasteiger partial charge is 0.128 e. The number of alkyl halides is 2. The summed E-state index contributed by atoms with van der Waals surface area (Å²) in [7, 11) is 0. The second-order valence-corrected chi connectivity index (χ2v) is 1.36. The van der Waals surface area contributed by atoms with Crippen LogP contribution in [0.1, 0.15) is 13.8 Å². The summed E-state index contributed by atoms with van der Waals surface area (Å²) in [6.07, 6.45) is -2.63. The van der Waals surface area contributed by atoms with Gasteiger partial charge in [0.25, 0.3) is 0 Å². The molecule has 2 atom stereocenters. The summed E-state index contributed by atoms with van der Waals surface area (Å²) >= 11 is 0. The molecule has 0 aromatic heterocycles. The van der Waals surface area contributed by atoms with E-state index in [2.05, 4.69) is 0 Å². The molecule has 0 N–H and O–H groups in total. The van der Waals surface area contributed by atoms with Crippen LogP contribution >= 0.6 is 0 Å². The van der Waals surface area contributed by atoms with E-state index in [1.165, 1.54) is 13.8 Å². The van der Waals surface area contributed by atoms with Crippen LogP contribution in [0.15, 0.2) is 0 Å². The van der Waals surface area contributed by atoms with E-state index >= 15 is 0 Å². The molecule has 38 valence electrons. The molecule has 0 nitrogen and oxygen atoms in total. The van der Waals surface area contributed by atoms with Gasteiger partial charge in [-0.1, -0.05) is 0 Å². The van der Waals surface area contributed by atoms with Crippen LogP contribution in [0.4, 0.5) is 8.78 Å². The predicted molar refractivity (Wildman–Crippen MR) is 21.1 cm³/mol. The van der Waals surface area contributed by atoms with E-state index in [9.17, 15) is 8.78 Å². The fourth-order valence-corrected chi connectivity index (χ4v) is 0. The van der Waals surface area contributed by atoms with Crippen LogP contribution in [-0.2, 0) is 0 Å². The van der Waals surface area contributed by atoms with Gasteiger partial charge in [0, 0.05) is 0 Å². The molecule has 0 radical (unpaired) electrons. The maximum Gasteiger partial charge on any atom is 0.128 e. The maximum absolute atomic E-state index is 11.4. The zero-order chi connectivity index (χ0) is 5.15. The molecule has 0 aromatic carbocycles. The van der Waals surface area contributed by atoms with Gasteiger partial charge in [0.15, 0.2) is 0 Å². The zero-order valence-corrected chi connectivity index (χ0v) is 3.91. The standard InChI is InChI=1S/C4H8F2/c1-3(5)4(2)6/h3-4H,1-2H3/t3-,4+. The van der Waals surface area contributed by atoms with Crippen LogP contribution in [0.5, 0.6) is 0 Å². The molecule has 0 bridgehead atoms. The third-order valence-corrected chi connectivity index (χ3v) is 0.633. The van der Waals surface area contributed by atoms with Crippen molar-refractivity contribution in [3.63, 3.8) is 0 Å². The van der Waals surface area contributed by atoms with Crippen molar-refractivity contribution in [2.45, 2.75) is 26.2 Å². The first-order valence-corrected chi connectivity index (χ1v) is 1.92. The van der Waals surface area contributed by atoms with E-state index in [4.69, 9.17) is 0 Å². The van der Waals surface area contributed by atoms with E-state index < -0.39 is 12.3 Å². The molecule has 0 spiro atoms. The third kappa shape index (κ3) is 2.12. The van der Waals surface area contributed by atoms with Gasteiger partial charge in [-0.2, -0.15) is 0 Å². The lowest BCUT2D eigenvalue weighted by molar-refractivity contribution is 0.199. The Balaban J connectivity index is 2.99. The Morgan fingerprint density at radius 3 is 1.17 bits per heavy atom. The quantitative estimate of drug-likeness (QED) is 0.464. The van der Waals surface area contributed by atoms with Crippen molar-refractivity contribution in [3.05, 3.63) is 0 Å². The first kappa shape index (κ1) is 5.86. The fourth-order valence-electron chi connectivity index (χ4n) is 0.